The summed E-state index contributed by atoms with van der Waals surface area (Å²) in [6.07, 6.45) is 6.49. The average molecular weight is 386 g/mol. The molecule has 1 heterocycles. The fourth-order valence-electron chi connectivity index (χ4n) is 3.25. The molecule has 27 heavy (non-hydrogen) atoms. The first kappa shape index (κ1) is 18.0. The van der Waals surface area contributed by atoms with Gasteiger partial charge in [0.2, 0.25) is 17.0 Å². The molecule has 2 saturated carbocycles. The molecule has 0 radical (unpaired) electrons. The maximum absolute atomic E-state index is 12.3. The highest BCUT2D eigenvalue weighted by atomic mass is 32.2. The molecule has 9 heteroatoms. The van der Waals surface area contributed by atoms with E-state index in [0.717, 1.165) is 25.7 Å². The van der Waals surface area contributed by atoms with Crippen molar-refractivity contribution in [3.63, 3.8) is 0 Å². The van der Waals surface area contributed by atoms with Crippen molar-refractivity contribution in [1.29, 1.82) is 0 Å². The molecule has 1 aromatic heterocycles. The highest BCUT2D eigenvalue weighted by Gasteiger charge is 2.29. The Balaban J connectivity index is 1.30. The Hall–Kier alpha value is -2.42. The lowest BCUT2D eigenvalue weighted by atomic mass is 10.2. The van der Waals surface area contributed by atoms with Gasteiger partial charge in [0.05, 0.1) is 11.8 Å². The number of nitrogens with one attached hydrogen (secondary N) is 2. The second-order valence-electron chi connectivity index (χ2n) is 7.03. The Labute approximate surface area is 161 Å². The number of hydrogen-bond acceptors (Lipinski definition) is 6. The zero-order chi connectivity index (χ0) is 18.6. The Bertz CT molecular complexity index is 829. The van der Waals surface area contributed by atoms with E-state index in [4.69, 9.17) is 0 Å². The van der Waals surface area contributed by atoms with Crippen LogP contribution in [0.25, 0.3) is 0 Å². The summed E-state index contributed by atoms with van der Waals surface area (Å²) in [5.74, 6) is 0.288. The summed E-state index contributed by atoms with van der Waals surface area (Å²) >= 11 is 1.34. The van der Waals surface area contributed by atoms with Crippen LogP contribution in [0.15, 0.2) is 29.4 Å². The fraction of sp³-hybridized carbons (Fsp3) is 0.500. The zero-order valence-electron chi connectivity index (χ0n) is 14.9. The molecule has 0 saturated heterocycles. The molecule has 0 atom stereocenters. The molecule has 0 bridgehead atoms. The lowest BCUT2D eigenvalue weighted by Crippen LogP contribution is -2.16. The molecule has 2 fully saturated rings. The summed E-state index contributed by atoms with van der Waals surface area (Å²) in [6, 6.07) is 7.55. The maximum Gasteiger partial charge on any atom is 0.234 e. The minimum Gasteiger partial charge on any atom is -0.326 e. The van der Waals surface area contributed by atoms with E-state index >= 15 is 0 Å². The lowest BCUT2D eigenvalue weighted by Gasteiger charge is -2.11. The Morgan fingerprint density at radius 2 is 1.85 bits per heavy atom. The SMILES string of the molecule is O=C(CSc1nnnn1C1CCCC1)Nc1cccc(NC(=O)C2CC2)c1. The second-order valence-corrected chi connectivity index (χ2v) is 7.97. The molecule has 142 valence electrons. The van der Waals surface area contributed by atoms with Gasteiger partial charge in [-0.15, -0.1) is 5.10 Å². The molecule has 0 aliphatic heterocycles. The third-order valence-electron chi connectivity index (χ3n) is 4.83. The highest BCUT2D eigenvalue weighted by Crippen LogP contribution is 2.32. The van der Waals surface area contributed by atoms with Crippen molar-refractivity contribution in [1.82, 2.24) is 20.2 Å². The number of benzene rings is 1. The number of thioether (sulfide) groups is 1. The van der Waals surface area contributed by atoms with Gasteiger partial charge in [0.1, 0.15) is 0 Å². The molecule has 8 nitrogen and oxygen atoms in total. The summed E-state index contributed by atoms with van der Waals surface area (Å²) in [5.41, 5.74) is 1.35. The van der Waals surface area contributed by atoms with Crippen molar-refractivity contribution in [3.05, 3.63) is 24.3 Å². The number of amides is 2. The van der Waals surface area contributed by atoms with Crippen molar-refractivity contribution in [3.8, 4) is 0 Å². The van der Waals surface area contributed by atoms with Gasteiger partial charge >= 0.3 is 0 Å². The molecule has 0 spiro atoms. The molecule has 2 aliphatic rings. The van der Waals surface area contributed by atoms with Crippen molar-refractivity contribution >= 4 is 35.0 Å². The van der Waals surface area contributed by atoms with Gasteiger partial charge < -0.3 is 10.6 Å². The lowest BCUT2D eigenvalue weighted by molar-refractivity contribution is -0.117. The van der Waals surface area contributed by atoms with Crippen LogP contribution in [-0.4, -0.2) is 37.8 Å². The normalized spacial score (nSPS) is 17.0. The minimum atomic E-state index is -0.133. The van der Waals surface area contributed by atoms with E-state index in [1.807, 2.05) is 16.8 Å². The third kappa shape index (κ3) is 4.65. The van der Waals surface area contributed by atoms with E-state index in [9.17, 15) is 9.59 Å². The topological polar surface area (TPSA) is 102 Å². The van der Waals surface area contributed by atoms with Crippen molar-refractivity contribution in [2.45, 2.75) is 49.7 Å². The third-order valence-corrected chi connectivity index (χ3v) is 5.76. The Morgan fingerprint density at radius 1 is 1.11 bits per heavy atom. The minimum absolute atomic E-state index is 0.0489. The van der Waals surface area contributed by atoms with Crippen molar-refractivity contribution in [2.75, 3.05) is 16.4 Å². The van der Waals surface area contributed by atoms with Gasteiger partial charge in [0.25, 0.3) is 0 Å². The molecular weight excluding hydrogens is 364 g/mol. The standard InChI is InChI=1S/C18H22N6O2S/c25-16(11-27-18-21-22-23-24(18)15-6-1-2-7-15)19-13-4-3-5-14(10-13)20-17(26)12-8-9-12/h3-5,10,12,15H,1-2,6-9,11H2,(H,19,25)(H,20,26). The van der Waals surface area contributed by atoms with E-state index in [2.05, 4.69) is 26.2 Å². The predicted molar refractivity (Wildman–Crippen MR) is 102 cm³/mol. The van der Waals surface area contributed by atoms with E-state index in [1.54, 1.807) is 12.1 Å². The van der Waals surface area contributed by atoms with Crippen LogP contribution in [0.3, 0.4) is 0 Å². The number of anilines is 2. The van der Waals surface area contributed by atoms with E-state index in [-0.39, 0.29) is 23.5 Å². The van der Waals surface area contributed by atoms with Gasteiger partial charge in [0, 0.05) is 17.3 Å². The van der Waals surface area contributed by atoms with Crippen LogP contribution >= 0.6 is 11.8 Å². The number of aromatic nitrogens is 4. The summed E-state index contributed by atoms with van der Waals surface area (Å²) < 4.78 is 1.85. The van der Waals surface area contributed by atoms with Gasteiger partial charge in [-0.3, -0.25) is 9.59 Å². The van der Waals surface area contributed by atoms with Crippen LogP contribution in [-0.2, 0) is 9.59 Å². The van der Waals surface area contributed by atoms with Gasteiger partial charge in [-0.25, -0.2) is 4.68 Å². The summed E-state index contributed by atoms with van der Waals surface area (Å²) in [6.45, 7) is 0. The first-order valence-corrected chi connectivity index (χ1v) is 10.3. The van der Waals surface area contributed by atoms with Gasteiger partial charge in [0.15, 0.2) is 0 Å². The van der Waals surface area contributed by atoms with Crippen molar-refractivity contribution in [2.24, 2.45) is 5.92 Å². The fourth-order valence-corrected chi connectivity index (χ4v) is 3.99. The molecule has 2 N–H and O–H groups in total. The molecule has 2 aliphatic carbocycles. The smallest absolute Gasteiger partial charge is 0.234 e. The van der Waals surface area contributed by atoms with Crippen molar-refractivity contribution < 1.29 is 9.59 Å². The van der Waals surface area contributed by atoms with Crippen LogP contribution in [0.1, 0.15) is 44.6 Å². The monoisotopic (exact) mass is 386 g/mol. The number of hydrogen-bond donors (Lipinski definition) is 2. The molecule has 2 aromatic rings. The van der Waals surface area contributed by atoms with E-state index < -0.39 is 0 Å². The first-order valence-electron chi connectivity index (χ1n) is 9.30. The Kier molecular flexibility index (Phi) is 5.38. The molecule has 1 aromatic carbocycles. The molecule has 2 amide bonds. The van der Waals surface area contributed by atoms with Crippen LogP contribution in [0, 0.1) is 5.92 Å². The van der Waals surface area contributed by atoms with E-state index in [0.29, 0.717) is 22.6 Å². The van der Waals surface area contributed by atoms with Gasteiger partial charge in [-0.05, 0) is 54.3 Å². The second kappa shape index (κ2) is 8.08. The number of carbonyl (C=O) groups excluding carboxylic acids is 2. The van der Waals surface area contributed by atoms with Crippen LogP contribution in [0.5, 0.6) is 0 Å². The number of rotatable bonds is 7. The predicted octanol–water partition coefficient (Wildman–Crippen LogP) is 2.87. The highest BCUT2D eigenvalue weighted by molar-refractivity contribution is 7.99. The summed E-state index contributed by atoms with van der Waals surface area (Å²) in [5, 5.41) is 18.3. The number of nitrogens with zero attached hydrogens (tertiary/aromatic N) is 4. The maximum atomic E-state index is 12.3. The van der Waals surface area contributed by atoms with Crippen LogP contribution in [0.2, 0.25) is 0 Å². The summed E-state index contributed by atoms with van der Waals surface area (Å²) in [7, 11) is 0. The number of tetrazole rings is 1. The quantitative estimate of drug-likeness (QED) is 0.710. The Morgan fingerprint density at radius 3 is 2.59 bits per heavy atom. The van der Waals surface area contributed by atoms with Crippen LogP contribution in [0.4, 0.5) is 11.4 Å². The molecular formula is C18H22N6O2S. The van der Waals surface area contributed by atoms with Crippen LogP contribution < -0.4 is 10.6 Å². The largest absolute Gasteiger partial charge is 0.326 e. The average Bonchev–Trinajstić information content (AvgIpc) is 3.17. The molecule has 0 unspecified atom stereocenters. The van der Waals surface area contributed by atoms with Gasteiger partial charge in [-0.1, -0.05) is 30.7 Å². The first-order chi connectivity index (χ1) is 13.2. The molecule has 4 rings (SSSR count). The van der Waals surface area contributed by atoms with Gasteiger partial charge in [-0.2, -0.15) is 0 Å². The van der Waals surface area contributed by atoms with E-state index in [1.165, 1.54) is 24.6 Å². The number of carbonyl (C=O) groups is 2. The summed E-state index contributed by atoms with van der Waals surface area (Å²) in [4.78, 5) is 24.2. The zero-order valence-corrected chi connectivity index (χ0v) is 15.7.